The van der Waals surface area contributed by atoms with E-state index in [0.29, 0.717) is 5.92 Å². The van der Waals surface area contributed by atoms with Gasteiger partial charge in [0.2, 0.25) is 0 Å². The molecule has 0 saturated heterocycles. The van der Waals surface area contributed by atoms with Crippen LogP contribution in [0.2, 0.25) is 0 Å². The van der Waals surface area contributed by atoms with Crippen LogP contribution in [0.5, 0.6) is 0 Å². The van der Waals surface area contributed by atoms with Gasteiger partial charge in [0.25, 0.3) is 0 Å². The minimum atomic E-state index is -0.254. The van der Waals surface area contributed by atoms with Crippen LogP contribution in [-0.2, 0) is 5.54 Å². The molecule has 1 aromatic carbocycles. The molecule has 84 valence electrons. The Kier molecular flexibility index (Phi) is 4.35. The molecule has 0 aliphatic heterocycles. The molecule has 0 saturated carbocycles. The SMILES string of the molecule is CCCC(C)C(C)(N)c1ccccc1Br. The first-order chi connectivity index (χ1) is 7.00. The van der Waals surface area contributed by atoms with E-state index in [0.717, 1.165) is 10.9 Å². The summed E-state index contributed by atoms with van der Waals surface area (Å²) in [5.74, 6) is 0.487. The highest BCUT2D eigenvalue weighted by atomic mass is 79.9. The van der Waals surface area contributed by atoms with E-state index >= 15 is 0 Å². The average molecular weight is 270 g/mol. The number of benzene rings is 1. The first kappa shape index (κ1) is 12.7. The summed E-state index contributed by atoms with van der Waals surface area (Å²) in [5.41, 5.74) is 7.38. The first-order valence-corrected chi connectivity index (χ1v) is 6.33. The van der Waals surface area contributed by atoms with Gasteiger partial charge in [-0.3, -0.25) is 0 Å². The summed E-state index contributed by atoms with van der Waals surface area (Å²) in [4.78, 5) is 0. The van der Waals surface area contributed by atoms with E-state index in [2.05, 4.69) is 48.8 Å². The molecule has 1 aromatic rings. The molecule has 0 aliphatic carbocycles. The fraction of sp³-hybridized carbons (Fsp3) is 0.538. The molecule has 0 fully saturated rings. The van der Waals surface area contributed by atoms with Crippen LogP contribution in [0.15, 0.2) is 28.7 Å². The van der Waals surface area contributed by atoms with E-state index < -0.39 is 0 Å². The quantitative estimate of drug-likeness (QED) is 0.877. The van der Waals surface area contributed by atoms with Gasteiger partial charge >= 0.3 is 0 Å². The van der Waals surface area contributed by atoms with Gasteiger partial charge in [0.05, 0.1) is 0 Å². The smallest absolute Gasteiger partial charge is 0.0418 e. The number of rotatable bonds is 4. The van der Waals surface area contributed by atoms with E-state index in [-0.39, 0.29) is 5.54 Å². The molecule has 15 heavy (non-hydrogen) atoms. The van der Waals surface area contributed by atoms with Crippen LogP contribution < -0.4 is 5.73 Å². The molecular formula is C13H20BrN. The average Bonchev–Trinajstić information content (AvgIpc) is 2.18. The fourth-order valence-electron chi connectivity index (χ4n) is 1.90. The van der Waals surface area contributed by atoms with Crippen molar-refractivity contribution in [2.75, 3.05) is 0 Å². The summed E-state index contributed by atoms with van der Waals surface area (Å²) in [6.07, 6.45) is 2.34. The van der Waals surface area contributed by atoms with Crippen LogP contribution in [0.25, 0.3) is 0 Å². The van der Waals surface area contributed by atoms with Crippen molar-refractivity contribution in [3.63, 3.8) is 0 Å². The van der Waals surface area contributed by atoms with Crippen molar-refractivity contribution >= 4 is 15.9 Å². The van der Waals surface area contributed by atoms with Crippen LogP contribution >= 0.6 is 15.9 Å². The van der Waals surface area contributed by atoms with Crippen LogP contribution in [0.4, 0.5) is 0 Å². The molecule has 0 spiro atoms. The highest BCUT2D eigenvalue weighted by molar-refractivity contribution is 9.10. The second-order valence-electron chi connectivity index (χ2n) is 4.45. The van der Waals surface area contributed by atoms with E-state index in [1.807, 2.05) is 12.1 Å². The number of nitrogens with two attached hydrogens (primary N) is 1. The third-order valence-electron chi connectivity index (χ3n) is 3.20. The van der Waals surface area contributed by atoms with Crippen molar-refractivity contribution in [3.05, 3.63) is 34.3 Å². The van der Waals surface area contributed by atoms with E-state index in [1.165, 1.54) is 12.0 Å². The lowest BCUT2D eigenvalue weighted by Gasteiger charge is -2.33. The van der Waals surface area contributed by atoms with Crippen molar-refractivity contribution in [2.24, 2.45) is 11.7 Å². The molecule has 0 aromatic heterocycles. The fourth-order valence-corrected chi connectivity index (χ4v) is 2.61. The summed E-state index contributed by atoms with van der Waals surface area (Å²) >= 11 is 3.57. The highest BCUT2D eigenvalue weighted by Crippen LogP contribution is 2.33. The van der Waals surface area contributed by atoms with Gasteiger partial charge < -0.3 is 5.73 Å². The molecule has 0 aliphatic rings. The van der Waals surface area contributed by atoms with E-state index in [1.54, 1.807) is 0 Å². The highest BCUT2D eigenvalue weighted by Gasteiger charge is 2.29. The van der Waals surface area contributed by atoms with Crippen molar-refractivity contribution in [1.29, 1.82) is 0 Å². The molecular weight excluding hydrogens is 250 g/mol. The zero-order valence-corrected chi connectivity index (χ0v) is 11.3. The van der Waals surface area contributed by atoms with Crippen LogP contribution in [-0.4, -0.2) is 0 Å². The van der Waals surface area contributed by atoms with E-state index in [9.17, 15) is 0 Å². The lowest BCUT2D eigenvalue weighted by Crippen LogP contribution is -2.40. The zero-order valence-electron chi connectivity index (χ0n) is 9.76. The molecule has 0 amide bonds. The second kappa shape index (κ2) is 5.13. The Hall–Kier alpha value is -0.340. The molecule has 2 atom stereocenters. The third-order valence-corrected chi connectivity index (χ3v) is 3.89. The van der Waals surface area contributed by atoms with Gasteiger partial charge in [-0.1, -0.05) is 54.4 Å². The van der Waals surface area contributed by atoms with Gasteiger partial charge in [-0.05, 0) is 30.9 Å². The Morgan fingerprint density at radius 1 is 1.40 bits per heavy atom. The molecule has 0 heterocycles. The Morgan fingerprint density at radius 3 is 2.53 bits per heavy atom. The minimum absolute atomic E-state index is 0.254. The maximum Gasteiger partial charge on any atom is 0.0418 e. The molecule has 2 N–H and O–H groups in total. The maximum absolute atomic E-state index is 6.44. The zero-order chi connectivity index (χ0) is 11.5. The van der Waals surface area contributed by atoms with Crippen molar-refractivity contribution in [2.45, 2.75) is 39.2 Å². The normalized spacial score (nSPS) is 17.1. The van der Waals surface area contributed by atoms with E-state index in [4.69, 9.17) is 5.73 Å². The van der Waals surface area contributed by atoms with Crippen LogP contribution in [0, 0.1) is 5.92 Å². The van der Waals surface area contributed by atoms with Crippen LogP contribution in [0.3, 0.4) is 0 Å². The Balaban J connectivity index is 2.99. The van der Waals surface area contributed by atoms with Gasteiger partial charge in [0.15, 0.2) is 0 Å². The van der Waals surface area contributed by atoms with Crippen molar-refractivity contribution < 1.29 is 0 Å². The monoisotopic (exact) mass is 269 g/mol. The number of halogens is 1. The lowest BCUT2D eigenvalue weighted by molar-refractivity contribution is 0.303. The lowest BCUT2D eigenvalue weighted by atomic mass is 9.79. The molecule has 0 radical (unpaired) electrons. The summed E-state index contributed by atoms with van der Waals surface area (Å²) in [6.45, 7) is 6.54. The molecule has 1 rings (SSSR count). The Morgan fingerprint density at radius 2 is 2.00 bits per heavy atom. The van der Waals surface area contributed by atoms with Crippen molar-refractivity contribution in [3.8, 4) is 0 Å². The molecule has 2 unspecified atom stereocenters. The maximum atomic E-state index is 6.44. The second-order valence-corrected chi connectivity index (χ2v) is 5.31. The predicted molar refractivity (Wildman–Crippen MR) is 69.8 cm³/mol. The molecule has 0 bridgehead atoms. The van der Waals surface area contributed by atoms with Gasteiger partial charge in [-0.25, -0.2) is 0 Å². The summed E-state index contributed by atoms with van der Waals surface area (Å²) < 4.78 is 1.11. The Bertz CT molecular complexity index is 320. The van der Waals surface area contributed by atoms with Gasteiger partial charge in [-0.2, -0.15) is 0 Å². The summed E-state index contributed by atoms with van der Waals surface area (Å²) in [6, 6.07) is 8.23. The van der Waals surface area contributed by atoms with Gasteiger partial charge in [0, 0.05) is 10.0 Å². The van der Waals surface area contributed by atoms with Gasteiger partial charge in [0.1, 0.15) is 0 Å². The predicted octanol–water partition coefficient (Wildman–Crippen LogP) is 4.06. The number of hydrogen-bond acceptors (Lipinski definition) is 1. The minimum Gasteiger partial charge on any atom is -0.321 e. The first-order valence-electron chi connectivity index (χ1n) is 5.54. The Labute approximate surface area is 101 Å². The molecule has 1 nitrogen and oxygen atoms in total. The number of hydrogen-bond donors (Lipinski definition) is 1. The largest absolute Gasteiger partial charge is 0.321 e. The third kappa shape index (κ3) is 2.82. The summed E-state index contributed by atoms with van der Waals surface area (Å²) in [7, 11) is 0. The van der Waals surface area contributed by atoms with Crippen molar-refractivity contribution in [1.82, 2.24) is 0 Å². The molecule has 2 heteroatoms. The standard InChI is InChI=1S/C13H20BrN/c1-4-7-10(2)13(3,15)11-8-5-6-9-12(11)14/h5-6,8-10H,4,7,15H2,1-3H3. The van der Waals surface area contributed by atoms with Gasteiger partial charge in [-0.15, -0.1) is 0 Å². The van der Waals surface area contributed by atoms with Crippen LogP contribution in [0.1, 0.15) is 39.2 Å². The summed E-state index contributed by atoms with van der Waals surface area (Å²) in [5, 5.41) is 0. The topological polar surface area (TPSA) is 26.0 Å².